The van der Waals surface area contributed by atoms with E-state index in [-0.39, 0.29) is 11.6 Å². The number of pyridine rings is 1. The highest BCUT2D eigenvalue weighted by Gasteiger charge is 2.13. The molecule has 3 aromatic rings. The third-order valence-corrected chi connectivity index (χ3v) is 4.02. The number of nitrogen functional groups attached to an aromatic ring is 1. The van der Waals surface area contributed by atoms with Crippen LogP contribution < -0.4 is 10.6 Å². The van der Waals surface area contributed by atoms with E-state index in [1.54, 1.807) is 24.3 Å². The second-order valence-corrected chi connectivity index (χ2v) is 5.92. The molecule has 5 heteroatoms. The lowest BCUT2D eigenvalue weighted by atomic mass is 9.98. The van der Waals surface area contributed by atoms with Gasteiger partial charge in [0.1, 0.15) is 23.2 Å². The summed E-state index contributed by atoms with van der Waals surface area (Å²) in [5.74, 6) is 0.364. The Bertz CT molecular complexity index is 939. The Hall–Kier alpha value is -3.52. The second-order valence-electron chi connectivity index (χ2n) is 5.92. The maximum atomic E-state index is 9.48. The number of aromatic hydroxyl groups is 1. The Labute approximate surface area is 146 Å². The fraction of sp³-hybridized carbons (Fsp3) is 0.100. The third-order valence-electron chi connectivity index (χ3n) is 4.02. The van der Waals surface area contributed by atoms with E-state index in [0.717, 1.165) is 16.8 Å². The van der Waals surface area contributed by atoms with Crippen molar-refractivity contribution < 1.29 is 5.11 Å². The monoisotopic (exact) mass is 330 g/mol. The van der Waals surface area contributed by atoms with Gasteiger partial charge in [-0.05, 0) is 35.9 Å². The van der Waals surface area contributed by atoms with Gasteiger partial charge in [-0.1, -0.05) is 24.3 Å². The van der Waals surface area contributed by atoms with Gasteiger partial charge < -0.3 is 15.7 Å². The zero-order valence-corrected chi connectivity index (χ0v) is 14.1. The number of aromatic nitrogens is 1. The number of hydrogen-bond acceptors (Lipinski definition) is 5. The quantitative estimate of drug-likeness (QED) is 0.765. The van der Waals surface area contributed by atoms with E-state index < -0.39 is 0 Å². The van der Waals surface area contributed by atoms with Gasteiger partial charge in [0.15, 0.2) is 0 Å². The first-order valence-corrected chi connectivity index (χ1v) is 7.77. The molecule has 124 valence electrons. The molecule has 0 spiro atoms. The van der Waals surface area contributed by atoms with Crippen molar-refractivity contribution in [2.24, 2.45) is 0 Å². The summed E-state index contributed by atoms with van der Waals surface area (Å²) in [4.78, 5) is 6.40. The van der Waals surface area contributed by atoms with Gasteiger partial charge in [-0.2, -0.15) is 5.26 Å². The molecule has 5 nitrogen and oxygen atoms in total. The Morgan fingerprint density at radius 1 is 1.00 bits per heavy atom. The highest BCUT2D eigenvalue weighted by atomic mass is 16.3. The van der Waals surface area contributed by atoms with E-state index in [2.05, 4.69) is 11.1 Å². The Kier molecular flexibility index (Phi) is 4.27. The Morgan fingerprint density at radius 3 is 2.16 bits per heavy atom. The van der Waals surface area contributed by atoms with Crippen molar-refractivity contribution in [1.82, 2.24) is 4.98 Å². The van der Waals surface area contributed by atoms with Gasteiger partial charge in [0, 0.05) is 30.9 Å². The van der Waals surface area contributed by atoms with E-state index in [4.69, 9.17) is 5.73 Å². The average molecular weight is 330 g/mol. The predicted molar refractivity (Wildman–Crippen MR) is 100 cm³/mol. The standard InChI is InChI=1S/C20H18N4O/c1-24(2)15-7-3-14(4-8-15)19-11-17(18(12-21)20(22)23-19)13-5-9-16(25)10-6-13/h3-11,25H,1-2H3,(H2,22,23). The minimum Gasteiger partial charge on any atom is -0.508 e. The van der Waals surface area contributed by atoms with Gasteiger partial charge in [0.05, 0.1) is 5.69 Å². The SMILES string of the molecule is CN(C)c1ccc(-c2cc(-c3ccc(O)cc3)c(C#N)c(N)n2)cc1. The van der Waals surface area contributed by atoms with Gasteiger partial charge in [-0.15, -0.1) is 0 Å². The molecule has 0 atom stereocenters. The Morgan fingerprint density at radius 2 is 1.60 bits per heavy atom. The van der Waals surface area contributed by atoms with Crippen LogP contribution in [0.25, 0.3) is 22.4 Å². The van der Waals surface area contributed by atoms with Gasteiger partial charge in [-0.3, -0.25) is 0 Å². The third kappa shape index (κ3) is 3.24. The Balaban J connectivity index is 2.13. The topological polar surface area (TPSA) is 86.2 Å². The summed E-state index contributed by atoms with van der Waals surface area (Å²) in [5, 5.41) is 18.9. The van der Waals surface area contributed by atoms with Crippen LogP contribution in [0.1, 0.15) is 5.56 Å². The predicted octanol–water partition coefficient (Wildman–Crippen LogP) is 3.64. The number of anilines is 2. The van der Waals surface area contributed by atoms with Crippen LogP contribution in [0.3, 0.4) is 0 Å². The molecule has 0 saturated carbocycles. The summed E-state index contributed by atoms with van der Waals surface area (Å²) >= 11 is 0. The molecule has 3 N–H and O–H groups in total. The van der Waals surface area contributed by atoms with Crippen molar-refractivity contribution in [3.63, 3.8) is 0 Å². The summed E-state index contributed by atoms with van der Waals surface area (Å²) in [6.45, 7) is 0. The number of nitrogens with zero attached hydrogens (tertiary/aromatic N) is 3. The number of rotatable bonds is 3. The number of phenolic OH excluding ortho intramolecular Hbond substituents is 1. The van der Waals surface area contributed by atoms with Crippen LogP contribution in [0.15, 0.2) is 54.6 Å². The van der Waals surface area contributed by atoms with Gasteiger partial charge in [0.2, 0.25) is 0 Å². The molecule has 3 rings (SSSR count). The van der Waals surface area contributed by atoms with E-state index in [1.165, 1.54) is 0 Å². The lowest BCUT2D eigenvalue weighted by molar-refractivity contribution is 0.475. The van der Waals surface area contributed by atoms with Gasteiger partial charge >= 0.3 is 0 Å². The molecule has 1 heterocycles. The number of hydrogen-bond donors (Lipinski definition) is 2. The van der Waals surface area contributed by atoms with Crippen molar-refractivity contribution in [2.45, 2.75) is 0 Å². The number of phenols is 1. The lowest BCUT2D eigenvalue weighted by Crippen LogP contribution is -2.08. The summed E-state index contributed by atoms with van der Waals surface area (Å²) in [6.07, 6.45) is 0. The first-order valence-electron chi connectivity index (χ1n) is 7.77. The van der Waals surface area contributed by atoms with Gasteiger partial charge in [0.25, 0.3) is 0 Å². The van der Waals surface area contributed by atoms with E-state index >= 15 is 0 Å². The smallest absolute Gasteiger partial charge is 0.142 e. The van der Waals surface area contributed by atoms with E-state index in [1.807, 2.05) is 49.3 Å². The van der Waals surface area contributed by atoms with Crippen molar-refractivity contribution in [3.8, 4) is 34.2 Å². The first kappa shape index (κ1) is 16.3. The van der Waals surface area contributed by atoms with E-state index in [9.17, 15) is 10.4 Å². The molecule has 0 unspecified atom stereocenters. The second kappa shape index (κ2) is 6.54. The molecule has 0 aliphatic carbocycles. The highest BCUT2D eigenvalue weighted by molar-refractivity contribution is 5.80. The maximum absolute atomic E-state index is 9.48. The summed E-state index contributed by atoms with van der Waals surface area (Å²) in [7, 11) is 3.96. The number of nitrogens with two attached hydrogens (primary N) is 1. The molecule has 0 radical (unpaired) electrons. The molecule has 0 fully saturated rings. The van der Waals surface area contributed by atoms with Gasteiger partial charge in [-0.25, -0.2) is 4.98 Å². The van der Waals surface area contributed by atoms with Crippen LogP contribution in [0.2, 0.25) is 0 Å². The first-order chi connectivity index (χ1) is 12.0. The van der Waals surface area contributed by atoms with Crippen molar-refractivity contribution in [1.29, 1.82) is 5.26 Å². The minimum absolute atomic E-state index is 0.170. The van der Waals surface area contributed by atoms with Crippen LogP contribution in [0.4, 0.5) is 11.5 Å². The molecule has 0 bridgehead atoms. The van der Waals surface area contributed by atoms with Crippen LogP contribution in [0.5, 0.6) is 5.75 Å². The van der Waals surface area contributed by atoms with Crippen LogP contribution in [0, 0.1) is 11.3 Å². The lowest BCUT2D eigenvalue weighted by Gasteiger charge is -2.14. The average Bonchev–Trinajstić information content (AvgIpc) is 2.62. The van der Waals surface area contributed by atoms with Crippen molar-refractivity contribution in [3.05, 3.63) is 60.2 Å². The summed E-state index contributed by atoms with van der Waals surface area (Å²) < 4.78 is 0. The summed E-state index contributed by atoms with van der Waals surface area (Å²) in [6, 6.07) is 18.6. The molecule has 0 saturated heterocycles. The largest absolute Gasteiger partial charge is 0.508 e. The molecule has 0 aliphatic rings. The fourth-order valence-corrected chi connectivity index (χ4v) is 2.63. The van der Waals surface area contributed by atoms with Crippen molar-refractivity contribution >= 4 is 11.5 Å². The molecule has 0 amide bonds. The molecule has 1 aromatic heterocycles. The maximum Gasteiger partial charge on any atom is 0.142 e. The molecular formula is C20H18N4O. The zero-order valence-electron chi connectivity index (χ0n) is 14.1. The minimum atomic E-state index is 0.170. The molecular weight excluding hydrogens is 312 g/mol. The fourth-order valence-electron chi connectivity index (χ4n) is 2.63. The number of benzene rings is 2. The summed E-state index contributed by atoms with van der Waals surface area (Å²) in [5.41, 5.74) is 10.6. The van der Waals surface area contributed by atoms with Crippen LogP contribution in [-0.4, -0.2) is 24.2 Å². The highest BCUT2D eigenvalue weighted by Crippen LogP contribution is 2.32. The van der Waals surface area contributed by atoms with Crippen molar-refractivity contribution in [2.75, 3.05) is 24.7 Å². The number of nitriles is 1. The van der Waals surface area contributed by atoms with E-state index in [0.29, 0.717) is 16.8 Å². The zero-order chi connectivity index (χ0) is 18.0. The normalized spacial score (nSPS) is 10.3. The molecule has 2 aromatic carbocycles. The molecule has 25 heavy (non-hydrogen) atoms. The van der Waals surface area contributed by atoms with Crippen LogP contribution in [-0.2, 0) is 0 Å². The molecule has 0 aliphatic heterocycles. The van der Waals surface area contributed by atoms with Crippen LogP contribution >= 0.6 is 0 Å².